The van der Waals surface area contributed by atoms with Crippen molar-refractivity contribution in [2.24, 2.45) is 0 Å². The van der Waals surface area contributed by atoms with E-state index in [-0.39, 0.29) is 17.5 Å². The normalized spacial score (nSPS) is 12.2. The average molecular weight is 272 g/mol. The van der Waals surface area contributed by atoms with E-state index >= 15 is 0 Å². The molecule has 2 rings (SSSR count). The fourth-order valence-corrected chi connectivity index (χ4v) is 3.51. The molecule has 0 fully saturated rings. The van der Waals surface area contributed by atoms with Crippen LogP contribution >= 0.6 is 11.3 Å². The first-order valence-electron chi connectivity index (χ1n) is 5.08. The molecule has 2 aromatic rings. The van der Waals surface area contributed by atoms with Gasteiger partial charge in [-0.05, 0) is 11.4 Å². The summed E-state index contributed by atoms with van der Waals surface area (Å²) in [5.41, 5.74) is 0. The van der Waals surface area contributed by atoms with E-state index in [4.69, 9.17) is 4.52 Å². The number of aromatic nitrogens is 2. The molecule has 7 heteroatoms. The van der Waals surface area contributed by atoms with E-state index in [2.05, 4.69) is 10.1 Å². The van der Waals surface area contributed by atoms with Gasteiger partial charge in [0.1, 0.15) is 9.96 Å². The highest BCUT2D eigenvalue weighted by atomic mass is 32.2. The largest absolute Gasteiger partial charge is 0.339 e. The number of nitrogens with zero attached hydrogens (tertiary/aromatic N) is 2. The quantitative estimate of drug-likeness (QED) is 0.853. The van der Waals surface area contributed by atoms with E-state index in [1.165, 1.54) is 11.3 Å². The first-order chi connectivity index (χ1) is 7.99. The second-order valence-corrected chi connectivity index (χ2v) is 7.06. The molecule has 0 radical (unpaired) electrons. The Morgan fingerprint density at radius 1 is 1.47 bits per heavy atom. The van der Waals surface area contributed by atoms with Gasteiger partial charge < -0.3 is 4.52 Å². The van der Waals surface area contributed by atoms with Gasteiger partial charge in [0.15, 0.2) is 15.7 Å². The van der Waals surface area contributed by atoms with Crippen molar-refractivity contribution in [3.63, 3.8) is 0 Å². The lowest BCUT2D eigenvalue weighted by atomic mass is 10.2. The standard InChI is InChI=1S/C10H12N2O3S2/c1-7(2)10-11-8(12-15-10)6-17(13,14)9-4-3-5-16-9/h3-5,7H,6H2,1-2H3. The highest BCUT2D eigenvalue weighted by molar-refractivity contribution is 7.92. The number of hydrogen-bond acceptors (Lipinski definition) is 6. The maximum absolute atomic E-state index is 11.9. The maximum atomic E-state index is 11.9. The summed E-state index contributed by atoms with van der Waals surface area (Å²) in [5, 5.41) is 5.40. The minimum absolute atomic E-state index is 0.0979. The molecule has 0 bridgehead atoms. The van der Waals surface area contributed by atoms with E-state index in [1.54, 1.807) is 17.5 Å². The predicted octanol–water partition coefficient (Wildman–Crippen LogP) is 2.23. The molecule has 0 aromatic carbocycles. The Hall–Kier alpha value is -1.21. The van der Waals surface area contributed by atoms with Crippen molar-refractivity contribution in [3.8, 4) is 0 Å². The Morgan fingerprint density at radius 2 is 2.24 bits per heavy atom. The second-order valence-electron chi connectivity index (χ2n) is 3.89. The van der Waals surface area contributed by atoms with Crippen molar-refractivity contribution >= 4 is 21.2 Å². The number of hydrogen-bond donors (Lipinski definition) is 0. The van der Waals surface area contributed by atoms with Gasteiger partial charge in [-0.25, -0.2) is 8.42 Å². The molecule has 0 atom stereocenters. The van der Waals surface area contributed by atoms with E-state index < -0.39 is 9.84 Å². The summed E-state index contributed by atoms with van der Waals surface area (Å²) in [6.45, 7) is 3.82. The van der Waals surface area contributed by atoms with Crippen LogP contribution in [0.15, 0.2) is 26.2 Å². The average Bonchev–Trinajstić information content (AvgIpc) is 2.85. The first kappa shape index (κ1) is 12.3. The van der Waals surface area contributed by atoms with Gasteiger partial charge in [0.05, 0.1) is 0 Å². The maximum Gasteiger partial charge on any atom is 0.229 e. The number of sulfone groups is 1. The minimum Gasteiger partial charge on any atom is -0.339 e. The Balaban J connectivity index is 2.21. The van der Waals surface area contributed by atoms with E-state index in [0.29, 0.717) is 10.1 Å². The van der Waals surface area contributed by atoms with E-state index in [9.17, 15) is 8.42 Å². The molecule has 0 spiro atoms. The molecule has 0 N–H and O–H groups in total. The molecule has 0 saturated carbocycles. The second kappa shape index (κ2) is 4.58. The monoisotopic (exact) mass is 272 g/mol. The highest BCUT2D eigenvalue weighted by Crippen LogP contribution is 2.20. The molecule has 0 aliphatic heterocycles. The van der Waals surface area contributed by atoms with Crippen LogP contribution in [0.3, 0.4) is 0 Å². The zero-order valence-electron chi connectivity index (χ0n) is 9.45. The van der Waals surface area contributed by atoms with Crippen molar-refractivity contribution in [2.75, 3.05) is 0 Å². The lowest BCUT2D eigenvalue weighted by Gasteiger charge is -1.96. The molecule has 2 aromatic heterocycles. The van der Waals surface area contributed by atoms with E-state index in [1.807, 2.05) is 13.8 Å². The summed E-state index contributed by atoms with van der Waals surface area (Å²) < 4.78 is 29.2. The fourth-order valence-electron chi connectivity index (χ4n) is 1.24. The molecule has 0 amide bonds. The molecular formula is C10H12N2O3S2. The molecular weight excluding hydrogens is 260 g/mol. The van der Waals surface area contributed by atoms with Gasteiger partial charge in [-0.3, -0.25) is 0 Å². The van der Waals surface area contributed by atoms with Gasteiger partial charge >= 0.3 is 0 Å². The zero-order chi connectivity index (χ0) is 12.5. The third kappa shape index (κ3) is 2.73. The van der Waals surface area contributed by atoms with Gasteiger partial charge in [0, 0.05) is 5.92 Å². The van der Waals surface area contributed by atoms with Crippen LogP contribution in [0.5, 0.6) is 0 Å². The number of rotatable bonds is 4. The lowest BCUT2D eigenvalue weighted by Crippen LogP contribution is -2.04. The Kier molecular flexibility index (Phi) is 3.30. The molecule has 2 heterocycles. The topological polar surface area (TPSA) is 73.1 Å². The number of thiophene rings is 1. The Bertz CT molecular complexity index is 585. The summed E-state index contributed by atoms with van der Waals surface area (Å²) in [7, 11) is -3.35. The first-order valence-corrected chi connectivity index (χ1v) is 7.61. The Labute approximate surface area is 103 Å². The van der Waals surface area contributed by atoms with Crippen molar-refractivity contribution in [1.82, 2.24) is 10.1 Å². The summed E-state index contributed by atoms with van der Waals surface area (Å²) in [6.07, 6.45) is 0. The molecule has 0 saturated heterocycles. The van der Waals surface area contributed by atoms with Crippen molar-refractivity contribution in [1.29, 1.82) is 0 Å². The van der Waals surface area contributed by atoms with Gasteiger partial charge in [0.2, 0.25) is 5.89 Å². The van der Waals surface area contributed by atoms with Crippen molar-refractivity contribution in [3.05, 3.63) is 29.2 Å². The fraction of sp³-hybridized carbons (Fsp3) is 0.400. The van der Waals surface area contributed by atoms with Crippen LogP contribution in [-0.2, 0) is 15.6 Å². The summed E-state index contributed by atoms with van der Waals surface area (Å²) in [5.74, 6) is 0.549. The molecule has 92 valence electrons. The predicted molar refractivity (Wildman–Crippen MR) is 63.6 cm³/mol. The molecule has 5 nitrogen and oxygen atoms in total. The van der Waals surface area contributed by atoms with Crippen LogP contribution in [0, 0.1) is 0 Å². The molecule has 17 heavy (non-hydrogen) atoms. The minimum atomic E-state index is -3.35. The summed E-state index contributed by atoms with van der Waals surface area (Å²) in [4.78, 5) is 4.05. The highest BCUT2D eigenvalue weighted by Gasteiger charge is 2.20. The molecule has 0 aliphatic carbocycles. The lowest BCUT2D eigenvalue weighted by molar-refractivity contribution is 0.361. The molecule has 0 unspecified atom stereocenters. The van der Waals surface area contributed by atoms with Gasteiger partial charge in [-0.2, -0.15) is 4.98 Å². The van der Waals surface area contributed by atoms with Gasteiger partial charge in [0.25, 0.3) is 0 Å². The third-order valence-electron chi connectivity index (χ3n) is 2.10. The van der Waals surface area contributed by atoms with E-state index in [0.717, 1.165) is 0 Å². The Morgan fingerprint density at radius 3 is 2.76 bits per heavy atom. The summed E-state index contributed by atoms with van der Waals surface area (Å²) >= 11 is 1.19. The van der Waals surface area contributed by atoms with Gasteiger partial charge in [-0.15, -0.1) is 11.3 Å². The van der Waals surface area contributed by atoms with Crippen LogP contribution in [0.1, 0.15) is 31.5 Å². The van der Waals surface area contributed by atoms with Gasteiger partial charge in [-0.1, -0.05) is 25.1 Å². The molecule has 0 aliphatic rings. The van der Waals surface area contributed by atoms with Crippen LogP contribution in [-0.4, -0.2) is 18.6 Å². The summed E-state index contributed by atoms with van der Waals surface area (Å²) in [6, 6.07) is 3.27. The van der Waals surface area contributed by atoms with Crippen LogP contribution in [0.2, 0.25) is 0 Å². The van der Waals surface area contributed by atoms with Crippen LogP contribution in [0.25, 0.3) is 0 Å². The smallest absolute Gasteiger partial charge is 0.229 e. The van der Waals surface area contributed by atoms with Crippen molar-refractivity contribution in [2.45, 2.75) is 29.7 Å². The van der Waals surface area contributed by atoms with Crippen LogP contribution in [0.4, 0.5) is 0 Å². The van der Waals surface area contributed by atoms with Crippen LogP contribution < -0.4 is 0 Å². The van der Waals surface area contributed by atoms with Crippen molar-refractivity contribution < 1.29 is 12.9 Å². The third-order valence-corrected chi connectivity index (χ3v) is 5.20. The SMILES string of the molecule is CC(C)c1nc(CS(=O)(=O)c2cccs2)no1. The zero-order valence-corrected chi connectivity index (χ0v) is 11.1.